The van der Waals surface area contributed by atoms with Crippen LogP contribution in [0.15, 0.2) is 70.3 Å². The molecule has 10 heteroatoms. The molecule has 0 aliphatic heterocycles. The number of carbonyl (C=O) groups excluding carboxylic acids is 1. The molecule has 1 unspecified atom stereocenters. The van der Waals surface area contributed by atoms with Gasteiger partial charge in [-0.25, -0.2) is 8.42 Å². The van der Waals surface area contributed by atoms with Gasteiger partial charge < -0.3 is 10.1 Å². The van der Waals surface area contributed by atoms with E-state index in [-0.39, 0.29) is 21.2 Å². The van der Waals surface area contributed by atoms with E-state index in [0.717, 1.165) is 11.3 Å². The van der Waals surface area contributed by atoms with Crippen LogP contribution in [0.5, 0.6) is 5.75 Å². The molecule has 6 nitrogen and oxygen atoms in total. The Kier molecular flexibility index (Phi) is 6.68. The van der Waals surface area contributed by atoms with E-state index < -0.39 is 28.6 Å². The molecule has 3 rings (SSSR count). The van der Waals surface area contributed by atoms with E-state index in [9.17, 15) is 22.0 Å². The number of ether oxygens (including phenoxy) is 1. The number of anilines is 1. The summed E-state index contributed by atoms with van der Waals surface area (Å²) in [5.41, 5.74) is 1.22. The van der Waals surface area contributed by atoms with Crippen molar-refractivity contribution in [1.82, 2.24) is 5.32 Å². The van der Waals surface area contributed by atoms with E-state index in [4.69, 9.17) is 0 Å². The van der Waals surface area contributed by atoms with Gasteiger partial charge in [-0.05, 0) is 54.3 Å². The highest BCUT2D eigenvalue weighted by molar-refractivity contribution is 7.94. The zero-order valence-electron chi connectivity index (χ0n) is 15.7. The molecule has 2 aromatic carbocycles. The second-order valence-electron chi connectivity index (χ2n) is 6.26. The average Bonchev–Trinajstić information content (AvgIpc) is 3.24. The molecule has 0 saturated carbocycles. The fourth-order valence-electron chi connectivity index (χ4n) is 2.65. The van der Waals surface area contributed by atoms with Crippen molar-refractivity contribution in [2.45, 2.75) is 23.8 Å². The second-order valence-corrected chi connectivity index (χ2v) is 9.12. The molecule has 1 heterocycles. The van der Waals surface area contributed by atoms with Crippen LogP contribution in [0, 0.1) is 0 Å². The number of rotatable bonds is 8. The van der Waals surface area contributed by atoms with Crippen molar-refractivity contribution >= 4 is 33.0 Å². The largest absolute Gasteiger partial charge is 0.435 e. The number of sulfonamides is 1. The first-order valence-electron chi connectivity index (χ1n) is 8.76. The van der Waals surface area contributed by atoms with Crippen LogP contribution in [-0.4, -0.2) is 20.9 Å². The minimum absolute atomic E-state index is 0.0259. The lowest BCUT2D eigenvalue weighted by Gasteiger charge is -2.15. The summed E-state index contributed by atoms with van der Waals surface area (Å²) in [6, 6.07) is 14.8. The number of halogens is 2. The van der Waals surface area contributed by atoms with E-state index in [1.54, 1.807) is 48.7 Å². The van der Waals surface area contributed by atoms with Crippen molar-refractivity contribution in [2.75, 3.05) is 4.72 Å². The highest BCUT2D eigenvalue weighted by Gasteiger charge is 2.17. The molecule has 0 fully saturated rings. The Labute approximate surface area is 176 Å². The molecule has 158 valence electrons. The number of carbonyl (C=O) groups is 1. The molecule has 0 radical (unpaired) electrons. The van der Waals surface area contributed by atoms with E-state index in [0.29, 0.717) is 5.56 Å². The maximum absolute atomic E-state index is 12.6. The number of benzene rings is 2. The fourth-order valence-corrected chi connectivity index (χ4v) is 4.69. The number of thiophene rings is 1. The summed E-state index contributed by atoms with van der Waals surface area (Å²) < 4.78 is 56.1. The third kappa shape index (κ3) is 5.55. The van der Waals surface area contributed by atoms with Crippen LogP contribution in [0.3, 0.4) is 0 Å². The van der Waals surface area contributed by atoms with Gasteiger partial charge in [-0.1, -0.05) is 24.3 Å². The van der Waals surface area contributed by atoms with Gasteiger partial charge in [0.15, 0.2) is 0 Å². The average molecular weight is 453 g/mol. The first-order chi connectivity index (χ1) is 14.2. The maximum atomic E-state index is 12.6. The number of hydrogen-bond donors (Lipinski definition) is 2. The van der Waals surface area contributed by atoms with Gasteiger partial charge in [-0.3, -0.25) is 9.52 Å². The molecule has 0 bridgehead atoms. The molecule has 2 N–H and O–H groups in total. The molecule has 0 aliphatic rings. The standard InChI is InChI=1S/C20H18F2N2O4S2/c1-13(14-7-9-17(10-8-14)28-20(21)22)23-19(25)15-4-2-5-16(12-15)24-30(26,27)18-6-3-11-29-18/h2-13,20,24H,1H3,(H,23,25). The minimum Gasteiger partial charge on any atom is -0.435 e. The van der Waals surface area contributed by atoms with Gasteiger partial charge in [0.2, 0.25) is 0 Å². The number of hydrogen-bond acceptors (Lipinski definition) is 5. The first kappa shape index (κ1) is 21.7. The van der Waals surface area contributed by atoms with Gasteiger partial charge >= 0.3 is 6.61 Å². The van der Waals surface area contributed by atoms with Gasteiger partial charge in [-0.2, -0.15) is 8.78 Å². The molecule has 3 aromatic rings. The molecular formula is C20H18F2N2O4S2. The van der Waals surface area contributed by atoms with Crippen molar-refractivity contribution in [1.29, 1.82) is 0 Å². The third-order valence-electron chi connectivity index (χ3n) is 4.09. The fraction of sp³-hybridized carbons (Fsp3) is 0.150. The molecule has 30 heavy (non-hydrogen) atoms. The lowest BCUT2D eigenvalue weighted by atomic mass is 10.1. The van der Waals surface area contributed by atoms with E-state index in [1.807, 2.05) is 0 Å². The van der Waals surface area contributed by atoms with Crippen LogP contribution >= 0.6 is 11.3 Å². The highest BCUT2D eigenvalue weighted by atomic mass is 32.2. The Morgan fingerprint density at radius 3 is 2.43 bits per heavy atom. The van der Waals surface area contributed by atoms with Crippen LogP contribution in [0.1, 0.15) is 28.9 Å². The maximum Gasteiger partial charge on any atom is 0.387 e. The molecule has 0 spiro atoms. The number of alkyl halides is 2. The van der Waals surface area contributed by atoms with Gasteiger partial charge in [0.1, 0.15) is 9.96 Å². The summed E-state index contributed by atoms with van der Waals surface area (Å²) in [5.74, 6) is -0.384. The van der Waals surface area contributed by atoms with E-state index in [2.05, 4.69) is 14.8 Å². The van der Waals surface area contributed by atoms with Gasteiger partial charge in [0, 0.05) is 11.3 Å². The normalized spacial score (nSPS) is 12.4. The first-order valence-corrected chi connectivity index (χ1v) is 11.1. The van der Waals surface area contributed by atoms with Crippen LogP contribution < -0.4 is 14.8 Å². The van der Waals surface area contributed by atoms with Gasteiger partial charge in [0.05, 0.1) is 6.04 Å². The summed E-state index contributed by atoms with van der Waals surface area (Å²) in [6.07, 6.45) is 0. The molecule has 1 aromatic heterocycles. The monoisotopic (exact) mass is 452 g/mol. The quantitative estimate of drug-likeness (QED) is 0.521. The van der Waals surface area contributed by atoms with Crippen molar-refractivity contribution in [3.63, 3.8) is 0 Å². The second kappa shape index (κ2) is 9.23. The number of amides is 1. The predicted octanol–water partition coefficient (Wildman–Crippen LogP) is 4.64. The number of nitrogens with one attached hydrogen (secondary N) is 2. The Balaban J connectivity index is 1.67. The lowest BCUT2D eigenvalue weighted by Crippen LogP contribution is -2.26. The minimum atomic E-state index is -3.72. The van der Waals surface area contributed by atoms with E-state index >= 15 is 0 Å². The Bertz CT molecular complexity index is 1100. The van der Waals surface area contributed by atoms with Crippen LogP contribution in [0.4, 0.5) is 14.5 Å². The molecule has 0 saturated heterocycles. The summed E-state index contributed by atoms with van der Waals surface area (Å²) in [4.78, 5) is 12.6. The van der Waals surface area contributed by atoms with Crippen LogP contribution in [0.25, 0.3) is 0 Å². The zero-order chi connectivity index (χ0) is 21.7. The van der Waals surface area contributed by atoms with Crippen molar-refractivity contribution in [3.05, 3.63) is 77.2 Å². The summed E-state index contributed by atoms with van der Waals surface area (Å²) in [7, 11) is -3.72. The molecule has 1 atom stereocenters. The molecule has 0 aliphatic carbocycles. The topological polar surface area (TPSA) is 84.5 Å². The van der Waals surface area contributed by atoms with Crippen molar-refractivity contribution < 1.29 is 26.7 Å². The van der Waals surface area contributed by atoms with E-state index in [1.165, 1.54) is 24.3 Å². The zero-order valence-corrected chi connectivity index (χ0v) is 17.3. The molecule has 1 amide bonds. The van der Waals surface area contributed by atoms with Crippen molar-refractivity contribution in [3.8, 4) is 5.75 Å². The summed E-state index contributed by atoms with van der Waals surface area (Å²) >= 11 is 1.09. The Hall–Kier alpha value is -2.98. The summed E-state index contributed by atoms with van der Waals surface area (Å²) in [6.45, 7) is -1.16. The third-order valence-corrected chi connectivity index (χ3v) is 6.87. The van der Waals surface area contributed by atoms with Crippen LogP contribution in [-0.2, 0) is 10.0 Å². The van der Waals surface area contributed by atoms with Gasteiger partial charge in [0.25, 0.3) is 15.9 Å². The highest BCUT2D eigenvalue weighted by Crippen LogP contribution is 2.22. The van der Waals surface area contributed by atoms with Crippen molar-refractivity contribution in [2.24, 2.45) is 0 Å². The lowest BCUT2D eigenvalue weighted by molar-refractivity contribution is -0.0498. The Morgan fingerprint density at radius 1 is 1.07 bits per heavy atom. The van der Waals surface area contributed by atoms with Crippen LogP contribution in [0.2, 0.25) is 0 Å². The smallest absolute Gasteiger partial charge is 0.387 e. The SMILES string of the molecule is CC(NC(=O)c1cccc(NS(=O)(=O)c2cccs2)c1)c1ccc(OC(F)F)cc1. The van der Waals surface area contributed by atoms with Gasteiger partial charge in [-0.15, -0.1) is 11.3 Å². The molecular weight excluding hydrogens is 434 g/mol. The summed E-state index contributed by atoms with van der Waals surface area (Å²) in [5, 5.41) is 4.45. The predicted molar refractivity (Wildman–Crippen MR) is 111 cm³/mol. The Morgan fingerprint density at radius 2 is 1.80 bits per heavy atom.